The number of nitrogens with zero attached hydrogens (tertiary/aromatic N) is 1. The lowest BCUT2D eigenvalue weighted by atomic mass is 10.1. The third kappa shape index (κ3) is 8.44. The summed E-state index contributed by atoms with van der Waals surface area (Å²) in [6.07, 6.45) is -0.890. The number of carbonyl (C=O) groups is 1. The van der Waals surface area contributed by atoms with Gasteiger partial charge >= 0.3 is 5.97 Å². The van der Waals surface area contributed by atoms with Crippen molar-refractivity contribution < 1.29 is 24.2 Å². The lowest BCUT2D eigenvalue weighted by Crippen LogP contribution is -2.26. The molecule has 0 fully saturated rings. The fourth-order valence-corrected chi connectivity index (χ4v) is 0.863. The fraction of sp³-hybridized carbons (Fsp3) is 0.900. The fourth-order valence-electron chi connectivity index (χ4n) is 0.863. The van der Waals surface area contributed by atoms with Gasteiger partial charge in [0, 0.05) is 0 Å². The predicted octanol–water partition coefficient (Wildman–Crippen LogP) is 1.19. The highest BCUT2D eigenvalue weighted by atomic mass is 17.0. The van der Waals surface area contributed by atoms with E-state index in [1.54, 1.807) is 6.92 Å². The zero-order chi connectivity index (χ0) is 13.4. The van der Waals surface area contributed by atoms with Gasteiger partial charge < -0.3 is 14.3 Å². The van der Waals surface area contributed by atoms with E-state index >= 15 is 0 Å². The van der Waals surface area contributed by atoms with Crippen molar-refractivity contribution >= 4 is 5.97 Å². The predicted molar refractivity (Wildman–Crippen MR) is 58.8 cm³/mol. The molecule has 0 spiro atoms. The largest absolute Gasteiger partial charge is 0.461 e. The molecule has 0 rings (SSSR count). The molecule has 0 aliphatic heterocycles. The number of rotatable bonds is 8. The minimum absolute atomic E-state index is 0.0356. The summed E-state index contributed by atoms with van der Waals surface area (Å²) >= 11 is 0. The molecule has 2 unspecified atom stereocenters. The Kier molecular flexibility index (Phi) is 7.20. The van der Waals surface area contributed by atoms with Crippen LogP contribution >= 0.6 is 0 Å². The van der Waals surface area contributed by atoms with Crippen molar-refractivity contribution in [1.82, 2.24) is 0 Å². The zero-order valence-electron chi connectivity index (χ0n) is 10.5. The van der Waals surface area contributed by atoms with Crippen LogP contribution in [-0.2, 0) is 19.1 Å². The minimum atomic E-state index is -0.896. The Balaban J connectivity index is 3.67. The molecule has 0 N–H and O–H groups in total. The van der Waals surface area contributed by atoms with Crippen LogP contribution in [0.4, 0.5) is 0 Å². The maximum Gasteiger partial charge on any atom is 0.332 e. The van der Waals surface area contributed by atoms with Gasteiger partial charge in [0.2, 0.25) is 0 Å². The second-order valence-corrected chi connectivity index (χ2v) is 4.09. The van der Waals surface area contributed by atoms with E-state index in [9.17, 15) is 14.9 Å². The molecule has 0 aromatic carbocycles. The molecular formula is C10H19NO6. The van der Waals surface area contributed by atoms with Crippen molar-refractivity contribution in [3.05, 3.63) is 10.1 Å². The quantitative estimate of drug-likeness (QED) is 0.364. The van der Waals surface area contributed by atoms with Crippen LogP contribution in [0.1, 0.15) is 27.7 Å². The van der Waals surface area contributed by atoms with Crippen molar-refractivity contribution in [3.8, 4) is 0 Å². The number of hydrogen-bond acceptors (Lipinski definition) is 6. The number of esters is 1. The zero-order valence-corrected chi connectivity index (χ0v) is 10.5. The Morgan fingerprint density at radius 2 is 1.88 bits per heavy atom. The standard InChI is InChI=1S/C10H19NO6/c1-7(2)9(4)16-10(12)6-15-5-8(3)17-11(13)14/h7-9H,5-6H2,1-4H3. The Bertz CT molecular complexity index is 255. The lowest BCUT2D eigenvalue weighted by Gasteiger charge is -2.16. The first kappa shape index (κ1) is 15.6. The number of ether oxygens (including phenoxy) is 2. The maximum atomic E-state index is 11.2. The summed E-state index contributed by atoms with van der Waals surface area (Å²) in [6, 6.07) is 0. The summed E-state index contributed by atoms with van der Waals surface area (Å²) in [5, 5.41) is 9.07. The molecule has 0 heterocycles. The Morgan fingerprint density at radius 3 is 2.35 bits per heavy atom. The van der Waals surface area contributed by atoms with Gasteiger partial charge in [0.05, 0.1) is 6.61 Å². The van der Waals surface area contributed by atoms with Crippen LogP contribution in [0.3, 0.4) is 0 Å². The SMILES string of the molecule is CC(COCC(=O)OC(C)C(C)C)O[N+](=O)[O-]. The van der Waals surface area contributed by atoms with E-state index in [0.29, 0.717) is 0 Å². The van der Waals surface area contributed by atoms with Gasteiger partial charge in [-0.05, 0) is 19.8 Å². The van der Waals surface area contributed by atoms with Crippen molar-refractivity contribution in [2.24, 2.45) is 5.92 Å². The summed E-state index contributed by atoms with van der Waals surface area (Å²) in [6.45, 7) is 6.87. The van der Waals surface area contributed by atoms with E-state index < -0.39 is 17.2 Å². The minimum Gasteiger partial charge on any atom is -0.461 e. The Morgan fingerprint density at radius 1 is 1.29 bits per heavy atom. The topological polar surface area (TPSA) is 87.9 Å². The van der Waals surface area contributed by atoms with Gasteiger partial charge in [-0.25, -0.2) is 4.79 Å². The van der Waals surface area contributed by atoms with Crippen LogP contribution in [-0.4, -0.2) is 36.5 Å². The molecule has 0 bridgehead atoms. The summed E-state index contributed by atoms with van der Waals surface area (Å²) in [5.41, 5.74) is 0. The molecule has 0 saturated carbocycles. The molecule has 7 nitrogen and oxygen atoms in total. The molecule has 0 aliphatic carbocycles. The van der Waals surface area contributed by atoms with Gasteiger partial charge in [0.1, 0.15) is 18.8 Å². The third-order valence-electron chi connectivity index (χ3n) is 2.09. The van der Waals surface area contributed by atoms with Crippen LogP contribution in [0.2, 0.25) is 0 Å². The van der Waals surface area contributed by atoms with Crippen LogP contribution in [0.15, 0.2) is 0 Å². The van der Waals surface area contributed by atoms with Gasteiger partial charge in [-0.3, -0.25) is 0 Å². The van der Waals surface area contributed by atoms with Gasteiger partial charge in [0.25, 0.3) is 5.09 Å². The number of carbonyl (C=O) groups excluding carboxylic acids is 1. The molecule has 2 atom stereocenters. The first-order valence-electron chi connectivity index (χ1n) is 5.41. The second kappa shape index (κ2) is 7.83. The summed E-state index contributed by atoms with van der Waals surface area (Å²) in [7, 11) is 0. The summed E-state index contributed by atoms with van der Waals surface area (Å²) in [5.74, 6) is -0.254. The van der Waals surface area contributed by atoms with Crippen LogP contribution in [0.5, 0.6) is 0 Å². The molecule has 0 radical (unpaired) electrons. The van der Waals surface area contributed by atoms with E-state index in [2.05, 4.69) is 4.84 Å². The molecule has 0 aromatic heterocycles. The molecule has 0 amide bonds. The maximum absolute atomic E-state index is 11.2. The first-order valence-corrected chi connectivity index (χ1v) is 5.41. The average Bonchev–Trinajstić information content (AvgIpc) is 2.15. The molecule has 0 saturated heterocycles. The summed E-state index contributed by atoms with van der Waals surface area (Å²) in [4.78, 5) is 25.4. The number of hydrogen-bond donors (Lipinski definition) is 0. The van der Waals surface area contributed by atoms with E-state index in [1.165, 1.54) is 6.92 Å². The molecule has 100 valence electrons. The van der Waals surface area contributed by atoms with E-state index in [-0.39, 0.29) is 25.2 Å². The highest BCUT2D eigenvalue weighted by Crippen LogP contribution is 2.05. The van der Waals surface area contributed by atoms with Crippen LogP contribution < -0.4 is 0 Å². The van der Waals surface area contributed by atoms with Gasteiger partial charge in [-0.1, -0.05) is 13.8 Å². The molecule has 17 heavy (non-hydrogen) atoms. The third-order valence-corrected chi connectivity index (χ3v) is 2.09. The van der Waals surface area contributed by atoms with Gasteiger partial charge in [-0.2, -0.15) is 0 Å². The highest BCUT2D eigenvalue weighted by molar-refractivity contribution is 5.70. The smallest absolute Gasteiger partial charge is 0.332 e. The van der Waals surface area contributed by atoms with Crippen LogP contribution in [0, 0.1) is 16.0 Å². The van der Waals surface area contributed by atoms with Gasteiger partial charge in [-0.15, -0.1) is 10.1 Å². The van der Waals surface area contributed by atoms with E-state index in [0.717, 1.165) is 0 Å². The second-order valence-electron chi connectivity index (χ2n) is 4.09. The van der Waals surface area contributed by atoms with Crippen molar-refractivity contribution in [1.29, 1.82) is 0 Å². The average molecular weight is 249 g/mol. The Labute approximate surface area is 100 Å². The van der Waals surface area contributed by atoms with Gasteiger partial charge in [0.15, 0.2) is 0 Å². The van der Waals surface area contributed by atoms with Crippen molar-refractivity contribution in [2.45, 2.75) is 39.9 Å². The summed E-state index contributed by atoms with van der Waals surface area (Å²) < 4.78 is 9.97. The van der Waals surface area contributed by atoms with E-state index in [4.69, 9.17) is 9.47 Å². The first-order chi connectivity index (χ1) is 7.82. The molecule has 7 heteroatoms. The highest BCUT2D eigenvalue weighted by Gasteiger charge is 2.14. The monoisotopic (exact) mass is 249 g/mol. The molecule has 0 aliphatic rings. The normalized spacial score (nSPS) is 14.2. The van der Waals surface area contributed by atoms with E-state index in [1.807, 2.05) is 13.8 Å². The Hall–Kier alpha value is -1.37. The molecule has 0 aromatic rings. The van der Waals surface area contributed by atoms with Crippen LogP contribution in [0.25, 0.3) is 0 Å². The molecular weight excluding hydrogens is 230 g/mol. The lowest BCUT2D eigenvalue weighted by molar-refractivity contribution is -0.768. The van der Waals surface area contributed by atoms with Crippen molar-refractivity contribution in [3.63, 3.8) is 0 Å². The van der Waals surface area contributed by atoms with Crippen molar-refractivity contribution in [2.75, 3.05) is 13.2 Å².